The van der Waals surface area contributed by atoms with E-state index in [-0.39, 0.29) is 29.7 Å². The lowest BCUT2D eigenvalue weighted by Gasteiger charge is -2.18. The van der Waals surface area contributed by atoms with Gasteiger partial charge >= 0.3 is 0 Å². The van der Waals surface area contributed by atoms with E-state index in [2.05, 4.69) is 21.2 Å². The highest BCUT2D eigenvalue weighted by molar-refractivity contribution is 9.10. The SMILES string of the molecule is Cc1cc(N2CC(C(=O)NCc3ccccc3S(=O)(=O)N(C)C)CC2=O)ccc1Br. The Morgan fingerprint density at radius 3 is 2.60 bits per heavy atom. The fourth-order valence-corrected chi connectivity index (χ4v) is 4.72. The summed E-state index contributed by atoms with van der Waals surface area (Å²) in [6, 6.07) is 12.2. The molecule has 1 heterocycles. The molecule has 0 aromatic heterocycles. The first-order valence-electron chi connectivity index (χ1n) is 9.46. The van der Waals surface area contributed by atoms with Crippen LogP contribution in [0.1, 0.15) is 17.5 Å². The molecule has 2 amide bonds. The van der Waals surface area contributed by atoms with Gasteiger partial charge in [-0.25, -0.2) is 12.7 Å². The minimum absolute atomic E-state index is 0.0736. The van der Waals surface area contributed by atoms with Gasteiger partial charge in [0, 0.05) is 43.8 Å². The van der Waals surface area contributed by atoms with Crippen molar-refractivity contribution in [2.24, 2.45) is 5.92 Å². The Morgan fingerprint density at radius 2 is 1.93 bits per heavy atom. The number of nitrogens with one attached hydrogen (secondary N) is 1. The number of rotatable bonds is 6. The van der Waals surface area contributed by atoms with Gasteiger partial charge in [0.2, 0.25) is 21.8 Å². The van der Waals surface area contributed by atoms with Gasteiger partial charge in [-0.1, -0.05) is 34.1 Å². The van der Waals surface area contributed by atoms with Crippen LogP contribution in [0.4, 0.5) is 5.69 Å². The number of benzene rings is 2. The maximum atomic E-state index is 12.7. The van der Waals surface area contributed by atoms with Gasteiger partial charge in [-0.15, -0.1) is 0 Å². The Labute approximate surface area is 185 Å². The Morgan fingerprint density at radius 1 is 1.23 bits per heavy atom. The zero-order chi connectivity index (χ0) is 22.1. The molecule has 0 radical (unpaired) electrons. The number of halogens is 1. The largest absolute Gasteiger partial charge is 0.352 e. The molecule has 3 rings (SSSR count). The highest BCUT2D eigenvalue weighted by Gasteiger charge is 2.35. The minimum atomic E-state index is -3.62. The molecule has 2 aromatic rings. The third-order valence-corrected chi connectivity index (χ3v) is 7.94. The average Bonchev–Trinajstić information content (AvgIpc) is 3.10. The third kappa shape index (κ3) is 4.58. The summed E-state index contributed by atoms with van der Waals surface area (Å²) in [5, 5.41) is 2.80. The second-order valence-electron chi connectivity index (χ2n) is 7.45. The Kier molecular flexibility index (Phi) is 6.64. The van der Waals surface area contributed by atoms with E-state index in [1.807, 2.05) is 25.1 Å². The van der Waals surface area contributed by atoms with Crippen molar-refractivity contribution in [3.63, 3.8) is 0 Å². The molecule has 1 saturated heterocycles. The van der Waals surface area contributed by atoms with Crippen LogP contribution in [0, 0.1) is 12.8 Å². The van der Waals surface area contributed by atoms with Crippen LogP contribution in [0.15, 0.2) is 51.8 Å². The Hall–Kier alpha value is -2.23. The second kappa shape index (κ2) is 8.87. The van der Waals surface area contributed by atoms with Crippen molar-refractivity contribution in [3.05, 3.63) is 58.1 Å². The molecule has 1 fully saturated rings. The number of anilines is 1. The lowest BCUT2D eigenvalue weighted by Crippen LogP contribution is -2.33. The van der Waals surface area contributed by atoms with E-state index in [0.29, 0.717) is 12.1 Å². The summed E-state index contributed by atoms with van der Waals surface area (Å²) in [7, 11) is -0.689. The monoisotopic (exact) mass is 493 g/mol. The first-order chi connectivity index (χ1) is 14.1. The van der Waals surface area contributed by atoms with Crippen molar-refractivity contribution in [1.82, 2.24) is 9.62 Å². The highest BCUT2D eigenvalue weighted by Crippen LogP contribution is 2.28. The molecular formula is C21H24BrN3O4S. The van der Waals surface area contributed by atoms with Crippen LogP contribution in [0.25, 0.3) is 0 Å². The van der Waals surface area contributed by atoms with E-state index >= 15 is 0 Å². The van der Waals surface area contributed by atoms with Gasteiger partial charge in [0.05, 0.1) is 10.8 Å². The van der Waals surface area contributed by atoms with Crippen LogP contribution in [-0.4, -0.2) is 45.2 Å². The molecule has 0 bridgehead atoms. The van der Waals surface area contributed by atoms with Crippen molar-refractivity contribution >= 4 is 43.5 Å². The minimum Gasteiger partial charge on any atom is -0.352 e. The van der Waals surface area contributed by atoms with Crippen molar-refractivity contribution < 1.29 is 18.0 Å². The van der Waals surface area contributed by atoms with Crippen molar-refractivity contribution in [1.29, 1.82) is 0 Å². The predicted octanol–water partition coefficient (Wildman–Crippen LogP) is 2.68. The van der Waals surface area contributed by atoms with E-state index in [0.717, 1.165) is 20.0 Å². The lowest BCUT2D eigenvalue weighted by atomic mass is 10.1. The highest BCUT2D eigenvalue weighted by atomic mass is 79.9. The van der Waals surface area contributed by atoms with E-state index < -0.39 is 15.9 Å². The summed E-state index contributed by atoms with van der Waals surface area (Å²) >= 11 is 3.45. The molecule has 1 atom stereocenters. The molecule has 1 unspecified atom stereocenters. The van der Waals surface area contributed by atoms with Gasteiger partial charge in [-0.05, 0) is 42.3 Å². The van der Waals surface area contributed by atoms with Crippen molar-refractivity contribution in [2.45, 2.75) is 24.8 Å². The molecule has 30 heavy (non-hydrogen) atoms. The first kappa shape index (κ1) is 22.5. The summed E-state index contributed by atoms with van der Waals surface area (Å²) in [6.45, 7) is 2.31. The molecule has 7 nitrogen and oxygen atoms in total. The number of aryl methyl sites for hydroxylation is 1. The fraction of sp³-hybridized carbons (Fsp3) is 0.333. The Bertz CT molecular complexity index is 1090. The summed E-state index contributed by atoms with van der Waals surface area (Å²) in [6.07, 6.45) is 0.124. The second-order valence-corrected chi connectivity index (χ2v) is 10.4. The number of hydrogen-bond acceptors (Lipinski definition) is 4. The van der Waals surface area contributed by atoms with E-state index in [1.165, 1.54) is 20.2 Å². The molecule has 0 saturated carbocycles. The molecule has 1 N–H and O–H groups in total. The molecule has 2 aromatic carbocycles. The topological polar surface area (TPSA) is 86.8 Å². The number of nitrogens with zero attached hydrogens (tertiary/aromatic N) is 2. The molecular weight excluding hydrogens is 470 g/mol. The summed E-state index contributed by atoms with van der Waals surface area (Å²) in [5.41, 5.74) is 2.27. The van der Waals surface area contributed by atoms with Gasteiger partial charge in [-0.3, -0.25) is 9.59 Å². The number of sulfonamides is 1. The summed E-state index contributed by atoms with van der Waals surface area (Å²) in [5.74, 6) is -0.858. The average molecular weight is 494 g/mol. The maximum Gasteiger partial charge on any atom is 0.242 e. The number of hydrogen-bond donors (Lipinski definition) is 1. The van der Waals surface area contributed by atoms with E-state index in [9.17, 15) is 18.0 Å². The predicted molar refractivity (Wildman–Crippen MR) is 119 cm³/mol. The molecule has 1 aliphatic rings. The Balaban J connectivity index is 1.70. The number of amides is 2. The zero-order valence-corrected chi connectivity index (χ0v) is 19.5. The molecule has 0 aliphatic carbocycles. The standard InChI is InChI=1S/C21H24BrN3O4S/c1-14-10-17(8-9-18(14)22)25-13-16(11-20(25)26)21(27)23-12-15-6-4-5-7-19(15)30(28,29)24(2)3/h4-10,16H,11-13H2,1-3H3,(H,23,27). The number of carbonyl (C=O) groups is 2. The smallest absolute Gasteiger partial charge is 0.242 e. The van der Waals surface area contributed by atoms with Crippen LogP contribution in [0.3, 0.4) is 0 Å². The van der Waals surface area contributed by atoms with Gasteiger partial charge in [0.1, 0.15) is 0 Å². The maximum absolute atomic E-state index is 12.7. The van der Waals surface area contributed by atoms with E-state index in [4.69, 9.17) is 0 Å². The molecule has 1 aliphatic heterocycles. The quantitative estimate of drug-likeness (QED) is 0.669. The van der Waals surface area contributed by atoms with Crippen LogP contribution in [0.5, 0.6) is 0 Å². The van der Waals surface area contributed by atoms with Crippen LogP contribution >= 0.6 is 15.9 Å². The lowest BCUT2D eigenvalue weighted by molar-refractivity contribution is -0.126. The normalized spacial score (nSPS) is 16.9. The van der Waals surface area contributed by atoms with Crippen LogP contribution < -0.4 is 10.2 Å². The van der Waals surface area contributed by atoms with Gasteiger partial charge in [0.25, 0.3) is 0 Å². The summed E-state index contributed by atoms with van der Waals surface area (Å²) in [4.78, 5) is 26.9. The molecule has 160 valence electrons. The van der Waals surface area contributed by atoms with Gasteiger partial charge in [-0.2, -0.15) is 0 Å². The van der Waals surface area contributed by atoms with Crippen LogP contribution in [-0.2, 0) is 26.2 Å². The first-order valence-corrected chi connectivity index (χ1v) is 11.7. The van der Waals surface area contributed by atoms with Crippen molar-refractivity contribution in [3.8, 4) is 0 Å². The van der Waals surface area contributed by atoms with Gasteiger partial charge in [0.15, 0.2) is 0 Å². The van der Waals surface area contributed by atoms with Gasteiger partial charge < -0.3 is 10.2 Å². The third-order valence-electron chi connectivity index (χ3n) is 5.13. The van der Waals surface area contributed by atoms with E-state index in [1.54, 1.807) is 23.1 Å². The van der Waals surface area contributed by atoms with Crippen LogP contribution in [0.2, 0.25) is 0 Å². The molecule has 9 heteroatoms. The fourth-order valence-electron chi connectivity index (χ4n) is 3.35. The molecule has 0 spiro atoms. The number of carbonyl (C=O) groups excluding carboxylic acids is 2. The summed E-state index contributed by atoms with van der Waals surface area (Å²) < 4.78 is 27.1. The van der Waals surface area contributed by atoms with Crippen molar-refractivity contribution in [2.75, 3.05) is 25.5 Å². The zero-order valence-electron chi connectivity index (χ0n) is 17.1.